The largest absolute Gasteiger partial charge is 0.268 e. The van der Waals surface area contributed by atoms with Crippen LogP contribution >= 0.6 is 23.1 Å². The Morgan fingerprint density at radius 2 is 1.93 bits per heavy atom. The Morgan fingerprint density at radius 1 is 1.14 bits per heavy atom. The standard InChI is InChI=1S/C22H24N4OS2/c1-3-4-13-28-22-24-23-21-25(15-11-9-14(2)10-12-15)19(27)18-16-7-5-6-8-17(16)29-20(18)26(21)22/h9-12H,3-8,13H2,1-2H3. The summed E-state index contributed by atoms with van der Waals surface area (Å²) in [4.78, 5) is 16.1. The number of thiophene rings is 1. The minimum atomic E-state index is 0.0354. The molecule has 0 aliphatic heterocycles. The highest BCUT2D eigenvalue weighted by atomic mass is 32.2. The van der Waals surface area contributed by atoms with Gasteiger partial charge in [0.25, 0.3) is 5.56 Å². The van der Waals surface area contributed by atoms with Crippen molar-refractivity contribution in [2.24, 2.45) is 0 Å². The van der Waals surface area contributed by atoms with Gasteiger partial charge in [-0.3, -0.25) is 4.79 Å². The first kappa shape index (κ1) is 18.9. The van der Waals surface area contributed by atoms with E-state index in [2.05, 4.69) is 28.4 Å². The third-order valence-electron chi connectivity index (χ3n) is 5.61. The van der Waals surface area contributed by atoms with E-state index in [9.17, 15) is 4.79 Å². The second-order valence-electron chi connectivity index (χ2n) is 7.69. The lowest BCUT2D eigenvalue weighted by molar-refractivity contribution is 0.699. The monoisotopic (exact) mass is 424 g/mol. The van der Waals surface area contributed by atoms with Crippen molar-refractivity contribution < 1.29 is 0 Å². The average molecular weight is 425 g/mol. The molecule has 0 fully saturated rings. The lowest BCUT2D eigenvalue weighted by atomic mass is 9.97. The van der Waals surface area contributed by atoms with Crippen molar-refractivity contribution in [3.8, 4) is 5.69 Å². The Hall–Kier alpha value is -2.12. The summed E-state index contributed by atoms with van der Waals surface area (Å²) in [5, 5.41) is 10.7. The van der Waals surface area contributed by atoms with Gasteiger partial charge in [0.05, 0.1) is 11.1 Å². The van der Waals surface area contributed by atoms with Gasteiger partial charge in [-0.2, -0.15) is 0 Å². The molecule has 5 nitrogen and oxygen atoms in total. The fourth-order valence-electron chi connectivity index (χ4n) is 4.04. The fraction of sp³-hybridized carbons (Fsp3) is 0.409. The predicted octanol–water partition coefficient (Wildman–Crippen LogP) is 5.17. The van der Waals surface area contributed by atoms with Crippen LogP contribution in [0.2, 0.25) is 0 Å². The van der Waals surface area contributed by atoms with Crippen LogP contribution in [0.15, 0.2) is 34.2 Å². The van der Waals surface area contributed by atoms with Gasteiger partial charge < -0.3 is 0 Å². The van der Waals surface area contributed by atoms with Gasteiger partial charge in [0, 0.05) is 10.6 Å². The van der Waals surface area contributed by atoms with Crippen molar-refractivity contribution in [1.82, 2.24) is 19.2 Å². The number of unbranched alkanes of at least 4 members (excludes halogenated alkanes) is 1. The van der Waals surface area contributed by atoms with Crippen LogP contribution < -0.4 is 5.56 Å². The van der Waals surface area contributed by atoms with Crippen molar-refractivity contribution >= 4 is 39.1 Å². The Morgan fingerprint density at radius 3 is 2.72 bits per heavy atom. The van der Waals surface area contributed by atoms with E-state index in [-0.39, 0.29) is 5.56 Å². The first-order valence-corrected chi connectivity index (χ1v) is 12.1. The van der Waals surface area contributed by atoms with E-state index in [1.807, 2.05) is 24.3 Å². The van der Waals surface area contributed by atoms with Gasteiger partial charge in [-0.05, 0) is 56.7 Å². The van der Waals surface area contributed by atoms with E-state index in [4.69, 9.17) is 0 Å². The van der Waals surface area contributed by atoms with E-state index in [0.29, 0.717) is 5.78 Å². The molecule has 4 aromatic rings. The van der Waals surface area contributed by atoms with Gasteiger partial charge in [0.15, 0.2) is 5.16 Å². The van der Waals surface area contributed by atoms with Crippen LogP contribution in [0.4, 0.5) is 0 Å². The fourth-order valence-corrected chi connectivity index (χ4v) is 6.50. The van der Waals surface area contributed by atoms with Crippen LogP contribution in [0.1, 0.15) is 48.6 Å². The lowest BCUT2D eigenvalue weighted by Gasteiger charge is -2.12. The van der Waals surface area contributed by atoms with Gasteiger partial charge >= 0.3 is 0 Å². The second kappa shape index (κ2) is 7.61. The topological polar surface area (TPSA) is 52.2 Å². The Bertz CT molecular complexity index is 1250. The zero-order valence-corrected chi connectivity index (χ0v) is 18.4. The number of thioether (sulfide) groups is 1. The summed E-state index contributed by atoms with van der Waals surface area (Å²) in [5.74, 6) is 1.62. The molecule has 0 bridgehead atoms. The molecule has 0 radical (unpaired) electrons. The second-order valence-corrected chi connectivity index (χ2v) is 9.83. The van der Waals surface area contributed by atoms with Crippen molar-refractivity contribution in [3.05, 3.63) is 50.6 Å². The molecule has 1 aromatic carbocycles. The van der Waals surface area contributed by atoms with Crippen LogP contribution in [0.5, 0.6) is 0 Å². The molecule has 3 heterocycles. The molecule has 0 N–H and O–H groups in total. The molecule has 5 rings (SSSR count). The number of hydrogen-bond acceptors (Lipinski definition) is 5. The molecule has 7 heteroatoms. The molecular weight excluding hydrogens is 400 g/mol. The molecular formula is C22H24N4OS2. The number of benzene rings is 1. The van der Waals surface area contributed by atoms with Gasteiger partial charge in [-0.25, -0.2) is 8.97 Å². The van der Waals surface area contributed by atoms with Crippen LogP contribution in [0, 0.1) is 6.92 Å². The van der Waals surface area contributed by atoms with Gasteiger partial charge in [0.2, 0.25) is 5.78 Å². The summed E-state index contributed by atoms with van der Waals surface area (Å²) in [7, 11) is 0. The maximum atomic E-state index is 13.7. The summed E-state index contributed by atoms with van der Waals surface area (Å²) in [6.45, 7) is 4.25. The van der Waals surface area contributed by atoms with E-state index in [1.54, 1.807) is 27.7 Å². The van der Waals surface area contributed by atoms with Crippen LogP contribution in [0.25, 0.3) is 21.7 Å². The predicted molar refractivity (Wildman–Crippen MR) is 121 cm³/mol. The molecule has 0 atom stereocenters. The van der Waals surface area contributed by atoms with Crippen LogP contribution in [-0.2, 0) is 12.8 Å². The molecule has 0 saturated heterocycles. The number of aryl methyl sites for hydroxylation is 3. The Labute approximate surface area is 177 Å². The lowest BCUT2D eigenvalue weighted by Crippen LogP contribution is -2.22. The maximum absolute atomic E-state index is 13.7. The molecule has 29 heavy (non-hydrogen) atoms. The number of nitrogens with zero attached hydrogens (tertiary/aromatic N) is 4. The Balaban J connectivity index is 1.84. The van der Waals surface area contributed by atoms with Gasteiger partial charge in [-0.1, -0.05) is 42.8 Å². The number of aromatic nitrogens is 4. The smallest absolute Gasteiger partial charge is 0.268 e. The summed E-state index contributed by atoms with van der Waals surface area (Å²) >= 11 is 3.50. The van der Waals surface area contributed by atoms with Crippen molar-refractivity contribution in [2.45, 2.75) is 57.5 Å². The van der Waals surface area contributed by atoms with Crippen LogP contribution in [0.3, 0.4) is 0 Å². The maximum Gasteiger partial charge on any atom is 0.268 e. The van der Waals surface area contributed by atoms with E-state index in [0.717, 1.165) is 58.9 Å². The zero-order valence-electron chi connectivity index (χ0n) is 16.8. The molecule has 0 spiro atoms. The number of fused-ring (bicyclic) bond motifs is 5. The van der Waals surface area contributed by atoms with Crippen molar-refractivity contribution in [1.29, 1.82) is 0 Å². The van der Waals surface area contributed by atoms with Crippen molar-refractivity contribution in [3.63, 3.8) is 0 Å². The molecule has 3 aromatic heterocycles. The summed E-state index contributed by atoms with van der Waals surface area (Å²) in [5.41, 5.74) is 3.31. The minimum Gasteiger partial charge on any atom is -0.268 e. The first-order valence-electron chi connectivity index (χ1n) is 10.3. The third-order valence-corrected chi connectivity index (χ3v) is 7.90. The molecule has 0 amide bonds. The molecule has 0 unspecified atom stereocenters. The molecule has 150 valence electrons. The first-order chi connectivity index (χ1) is 14.2. The van der Waals surface area contributed by atoms with Crippen molar-refractivity contribution in [2.75, 3.05) is 5.75 Å². The minimum absolute atomic E-state index is 0.0354. The molecule has 0 saturated carbocycles. The van der Waals surface area contributed by atoms with E-state index >= 15 is 0 Å². The summed E-state index contributed by atoms with van der Waals surface area (Å²) in [6, 6.07) is 8.08. The van der Waals surface area contributed by atoms with E-state index in [1.165, 1.54) is 22.4 Å². The molecule has 1 aliphatic rings. The van der Waals surface area contributed by atoms with E-state index < -0.39 is 0 Å². The highest BCUT2D eigenvalue weighted by Crippen LogP contribution is 2.36. The SMILES string of the molecule is CCCCSc1nnc2n(-c3ccc(C)cc3)c(=O)c3c4c(sc3n12)CCCC4. The highest BCUT2D eigenvalue weighted by Gasteiger charge is 2.25. The van der Waals surface area contributed by atoms with Gasteiger partial charge in [-0.15, -0.1) is 21.5 Å². The number of hydrogen-bond donors (Lipinski definition) is 0. The highest BCUT2D eigenvalue weighted by molar-refractivity contribution is 7.99. The van der Waals surface area contributed by atoms with Crippen LogP contribution in [-0.4, -0.2) is 24.9 Å². The third kappa shape index (κ3) is 3.11. The van der Waals surface area contributed by atoms with Gasteiger partial charge in [0.1, 0.15) is 4.83 Å². The summed E-state index contributed by atoms with van der Waals surface area (Å²) < 4.78 is 3.88. The Kier molecular flexibility index (Phi) is 4.95. The zero-order chi connectivity index (χ0) is 20.0. The summed E-state index contributed by atoms with van der Waals surface area (Å²) in [6.07, 6.45) is 6.71. The quantitative estimate of drug-likeness (QED) is 0.327. The normalized spacial score (nSPS) is 14.0. The number of rotatable bonds is 5. The molecule has 1 aliphatic carbocycles. The average Bonchev–Trinajstić information content (AvgIpc) is 3.31.